The van der Waals surface area contributed by atoms with E-state index in [0.717, 1.165) is 31.9 Å². The number of nitrogens with zero attached hydrogens (tertiary/aromatic N) is 1. The molecule has 0 aromatic rings. The molecule has 0 unspecified atom stereocenters. The van der Waals surface area contributed by atoms with Gasteiger partial charge in [-0.1, -0.05) is 12.8 Å². The Hall–Kier alpha value is -1.15. The van der Waals surface area contributed by atoms with E-state index in [4.69, 9.17) is 0 Å². The molecule has 1 aliphatic heterocycles. The zero-order chi connectivity index (χ0) is 17.0. The van der Waals surface area contributed by atoms with Crippen LogP contribution in [0.2, 0.25) is 0 Å². The first kappa shape index (κ1) is 18.2. The van der Waals surface area contributed by atoms with Crippen LogP contribution in [-0.2, 0) is 19.6 Å². The number of sulfonamides is 1. The number of carbonyl (C=O) groups is 2. The van der Waals surface area contributed by atoms with Crippen LogP contribution in [0.25, 0.3) is 0 Å². The van der Waals surface area contributed by atoms with Crippen LogP contribution in [0.15, 0.2) is 0 Å². The number of nitrogens with one attached hydrogen (secondary N) is 2. The molecule has 2 amide bonds. The van der Waals surface area contributed by atoms with Crippen molar-refractivity contribution in [3.05, 3.63) is 0 Å². The van der Waals surface area contributed by atoms with Gasteiger partial charge in [-0.2, -0.15) is 0 Å². The SMILES string of the molecule is CC(=O)N[C@H](C(=O)N1CCC(NS(C)(=O)=O)CC1)C1CCCC1. The Morgan fingerprint density at radius 1 is 1.09 bits per heavy atom. The van der Waals surface area contributed by atoms with Crippen LogP contribution in [0.4, 0.5) is 0 Å². The second-order valence-corrected chi connectivity index (χ2v) is 8.49. The molecule has 2 N–H and O–H groups in total. The van der Waals surface area contributed by atoms with E-state index in [1.165, 1.54) is 6.92 Å². The molecule has 23 heavy (non-hydrogen) atoms. The number of likely N-dealkylation sites (tertiary alicyclic amines) is 1. The van der Waals surface area contributed by atoms with Crippen molar-refractivity contribution in [2.24, 2.45) is 5.92 Å². The van der Waals surface area contributed by atoms with E-state index in [2.05, 4.69) is 10.0 Å². The average molecular weight is 345 g/mol. The minimum absolute atomic E-state index is 0.0232. The standard InChI is InChI=1S/C15H27N3O4S/c1-11(19)16-14(12-5-3-4-6-12)15(20)18-9-7-13(8-10-18)17-23(2,21)22/h12-14,17H,3-10H2,1-2H3,(H,16,19)/t14-/m0/s1. The molecule has 1 aliphatic carbocycles. The highest BCUT2D eigenvalue weighted by molar-refractivity contribution is 7.88. The van der Waals surface area contributed by atoms with Gasteiger partial charge in [0.25, 0.3) is 0 Å². The molecule has 2 aliphatic rings. The molecule has 0 radical (unpaired) electrons. The molecule has 2 rings (SSSR count). The maximum atomic E-state index is 12.8. The largest absolute Gasteiger partial charge is 0.344 e. The van der Waals surface area contributed by atoms with Crippen molar-refractivity contribution in [2.75, 3.05) is 19.3 Å². The lowest BCUT2D eigenvalue weighted by molar-refractivity contribution is -0.138. The highest BCUT2D eigenvalue weighted by atomic mass is 32.2. The van der Waals surface area contributed by atoms with Crippen LogP contribution in [0, 0.1) is 5.92 Å². The van der Waals surface area contributed by atoms with Gasteiger partial charge < -0.3 is 10.2 Å². The molecule has 7 nitrogen and oxygen atoms in total. The lowest BCUT2D eigenvalue weighted by Crippen LogP contribution is -2.54. The number of hydrogen-bond acceptors (Lipinski definition) is 4. The Kier molecular flexibility index (Phi) is 6.02. The molecular weight excluding hydrogens is 318 g/mol. The predicted molar refractivity (Wildman–Crippen MR) is 87.1 cm³/mol. The van der Waals surface area contributed by atoms with Crippen molar-refractivity contribution in [1.29, 1.82) is 0 Å². The number of rotatable bonds is 5. The van der Waals surface area contributed by atoms with E-state index in [1.807, 2.05) is 0 Å². The van der Waals surface area contributed by atoms with E-state index in [9.17, 15) is 18.0 Å². The van der Waals surface area contributed by atoms with Gasteiger partial charge >= 0.3 is 0 Å². The zero-order valence-corrected chi connectivity index (χ0v) is 14.7. The third-order valence-corrected chi connectivity index (χ3v) is 5.44. The van der Waals surface area contributed by atoms with Crippen molar-refractivity contribution in [3.8, 4) is 0 Å². The second kappa shape index (κ2) is 7.61. The first-order chi connectivity index (χ1) is 10.8. The predicted octanol–water partition coefficient (Wildman–Crippen LogP) is 0.222. The van der Waals surface area contributed by atoms with Crippen molar-refractivity contribution in [2.45, 2.75) is 57.5 Å². The van der Waals surface area contributed by atoms with Gasteiger partial charge in [-0.3, -0.25) is 9.59 Å². The molecule has 1 saturated carbocycles. The molecule has 0 spiro atoms. The summed E-state index contributed by atoms with van der Waals surface area (Å²) in [5, 5.41) is 2.83. The maximum Gasteiger partial charge on any atom is 0.245 e. The number of amides is 2. The molecule has 1 atom stereocenters. The lowest BCUT2D eigenvalue weighted by atomic mass is 9.95. The Morgan fingerprint density at radius 2 is 1.65 bits per heavy atom. The summed E-state index contributed by atoms with van der Waals surface area (Å²) in [6.07, 6.45) is 6.53. The molecule has 132 valence electrons. The number of hydrogen-bond donors (Lipinski definition) is 2. The second-order valence-electron chi connectivity index (χ2n) is 6.71. The lowest BCUT2D eigenvalue weighted by Gasteiger charge is -2.35. The van der Waals surface area contributed by atoms with Crippen LogP contribution in [0.1, 0.15) is 45.4 Å². The summed E-state index contributed by atoms with van der Waals surface area (Å²) < 4.78 is 25.2. The third-order valence-electron chi connectivity index (χ3n) is 4.68. The first-order valence-electron chi connectivity index (χ1n) is 8.29. The Labute approximate surface area is 138 Å². The minimum Gasteiger partial charge on any atom is -0.344 e. The van der Waals surface area contributed by atoms with Gasteiger partial charge in [0, 0.05) is 26.1 Å². The normalized spacial score (nSPS) is 22.1. The first-order valence-corrected chi connectivity index (χ1v) is 10.2. The van der Waals surface area contributed by atoms with Crippen molar-refractivity contribution in [1.82, 2.24) is 14.9 Å². The number of piperidine rings is 1. The summed E-state index contributed by atoms with van der Waals surface area (Å²) in [6.45, 7) is 2.49. The van der Waals surface area contributed by atoms with E-state index < -0.39 is 16.1 Å². The third kappa shape index (κ3) is 5.46. The fourth-order valence-electron chi connectivity index (χ4n) is 3.61. The molecule has 1 saturated heterocycles. The fraction of sp³-hybridized carbons (Fsp3) is 0.867. The Morgan fingerprint density at radius 3 is 2.13 bits per heavy atom. The maximum absolute atomic E-state index is 12.8. The van der Waals surface area contributed by atoms with Crippen LogP contribution in [-0.4, -0.2) is 56.6 Å². The van der Waals surface area contributed by atoms with Crippen molar-refractivity contribution in [3.63, 3.8) is 0 Å². The summed E-state index contributed by atoms with van der Waals surface area (Å²) in [7, 11) is -3.22. The van der Waals surface area contributed by atoms with Gasteiger partial charge in [0.2, 0.25) is 21.8 Å². The van der Waals surface area contributed by atoms with Gasteiger partial charge in [-0.05, 0) is 31.6 Å². The number of carbonyl (C=O) groups excluding carboxylic acids is 2. The highest BCUT2D eigenvalue weighted by Gasteiger charge is 2.35. The van der Waals surface area contributed by atoms with Crippen LogP contribution in [0.5, 0.6) is 0 Å². The van der Waals surface area contributed by atoms with Gasteiger partial charge in [-0.25, -0.2) is 13.1 Å². The Bertz CT molecular complexity index is 535. The summed E-state index contributed by atoms with van der Waals surface area (Å²) in [5.41, 5.74) is 0. The van der Waals surface area contributed by atoms with Crippen LogP contribution in [0.3, 0.4) is 0 Å². The van der Waals surface area contributed by atoms with E-state index in [-0.39, 0.29) is 23.8 Å². The van der Waals surface area contributed by atoms with Crippen molar-refractivity contribution >= 4 is 21.8 Å². The monoisotopic (exact) mass is 345 g/mol. The van der Waals surface area contributed by atoms with E-state index >= 15 is 0 Å². The fourth-order valence-corrected chi connectivity index (χ4v) is 4.45. The summed E-state index contributed by atoms with van der Waals surface area (Å²) in [5.74, 6) is 0.0204. The van der Waals surface area contributed by atoms with Crippen molar-refractivity contribution < 1.29 is 18.0 Å². The van der Waals surface area contributed by atoms with Gasteiger partial charge in [-0.15, -0.1) is 0 Å². The molecule has 0 aromatic heterocycles. The van der Waals surface area contributed by atoms with E-state index in [0.29, 0.717) is 25.9 Å². The molecule has 2 fully saturated rings. The average Bonchev–Trinajstić information content (AvgIpc) is 2.97. The quantitative estimate of drug-likeness (QED) is 0.745. The Balaban J connectivity index is 1.94. The summed E-state index contributed by atoms with van der Waals surface area (Å²) in [4.78, 5) is 26.0. The smallest absolute Gasteiger partial charge is 0.245 e. The zero-order valence-electron chi connectivity index (χ0n) is 13.9. The molecular formula is C15H27N3O4S. The summed E-state index contributed by atoms with van der Waals surface area (Å²) in [6, 6.07) is -0.547. The van der Waals surface area contributed by atoms with Crippen LogP contribution >= 0.6 is 0 Å². The summed E-state index contributed by atoms with van der Waals surface area (Å²) >= 11 is 0. The molecule has 0 bridgehead atoms. The minimum atomic E-state index is -3.22. The molecule has 1 heterocycles. The van der Waals surface area contributed by atoms with Gasteiger partial charge in [0.05, 0.1) is 6.26 Å². The highest BCUT2D eigenvalue weighted by Crippen LogP contribution is 2.29. The van der Waals surface area contributed by atoms with E-state index in [1.54, 1.807) is 4.90 Å². The van der Waals surface area contributed by atoms with Gasteiger partial charge in [0.1, 0.15) is 6.04 Å². The molecule has 0 aromatic carbocycles. The topological polar surface area (TPSA) is 95.6 Å². The van der Waals surface area contributed by atoms with Gasteiger partial charge in [0.15, 0.2) is 0 Å². The molecule has 8 heteroatoms. The van der Waals surface area contributed by atoms with Crippen LogP contribution < -0.4 is 10.0 Å².